The van der Waals surface area contributed by atoms with Gasteiger partial charge in [-0.3, -0.25) is 4.79 Å². The monoisotopic (exact) mass is 337 g/mol. The van der Waals surface area contributed by atoms with Crippen LogP contribution in [0, 0.1) is 5.92 Å². The number of nitrogens with zero attached hydrogens (tertiary/aromatic N) is 1. The van der Waals surface area contributed by atoms with Crippen molar-refractivity contribution in [3.05, 3.63) is 34.3 Å². The highest BCUT2D eigenvalue weighted by Gasteiger charge is 2.40. The number of rotatable bonds is 3. The van der Waals surface area contributed by atoms with Gasteiger partial charge in [-0.05, 0) is 36.5 Å². The molecule has 1 aliphatic carbocycles. The quantitative estimate of drug-likeness (QED) is 0.849. The van der Waals surface area contributed by atoms with Gasteiger partial charge in [-0.2, -0.15) is 0 Å². The van der Waals surface area contributed by atoms with Crippen LogP contribution in [0.1, 0.15) is 30.7 Å². The van der Waals surface area contributed by atoms with Crippen LogP contribution in [-0.4, -0.2) is 30.1 Å². The summed E-state index contributed by atoms with van der Waals surface area (Å²) in [5.41, 5.74) is 0.980. The number of ether oxygens (including phenoxy) is 1. The van der Waals surface area contributed by atoms with Gasteiger partial charge in [-0.1, -0.05) is 34.5 Å². The molecule has 3 rings (SSSR count). The van der Waals surface area contributed by atoms with Crippen LogP contribution in [0.5, 0.6) is 0 Å². The van der Waals surface area contributed by atoms with Crippen molar-refractivity contribution >= 4 is 27.9 Å². The number of amides is 2. The maximum Gasteiger partial charge on any atom is 0.416 e. The molecule has 106 valence electrons. The van der Waals surface area contributed by atoms with Gasteiger partial charge in [0.15, 0.2) is 0 Å². The molecule has 1 atom stereocenters. The lowest BCUT2D eigenvalue weighted by molar-refractivity contribution is -0.131. The van der Waals surface area contributed by atoms with E-state index in [1.165, 1.54) is 4.90 Å². The normalized spacial score (nSPS) is 20.4. The first-order valence-electron chi connectivity index (χ1n) is 6.90. The summed E-state index contributed by atoms with van der Waals surface area (Å²) in [6, 6.07) is 7.81. The Hall–Kier alpha value is -1.36. The van der Waals surface area contributed by atoms with Crippen LogP contribution in [-0.2, 0) is 9.53 Å². The van der Waals surface area contributed by atoms with Gasteiger partial charge in [0.1, 0.15) is 6.61 Å². The van der Waals surface area contributed by atoms with E-state index in [0.717, 1.165) is 29.3 Å². The standard InChI is InChI=1S/C15H16BrNO3/c16-12-6-2-5-11(9-12)13(10-3-1-4-10)14(18)17-7-8-20-15(17)19/h2,5-6,9-10,13H,1,3-4,7-8H2. The molecule has 1 aliphatic heterocycles. The highest BCUT2D eigenvalue weighted by Crippen LogP contribution is 2.41. The molecule has 1 aromatic rings. The number of cyclic esters (lactones) is 1. The van der Waals surface area contributed by atoms with E-state index in [4.69, 9.17) is 4.74 Å². The van der Waals surface area contributed by atoms with Crippen LogP contribution in [0.2, 0.25) is 0 Å². The Kier molecular flexibility index (Phi) is 3.78. The average molecular weight is 338 g/mol. The second-order valence-corrected chi connectivity index (χ2v) is 6.24. The molecule has 0 bridgehead atoms. The molecule has 4 nitrogen and oxygen atoms in total. The number of halogens is 1. The third-order valence-electron chi connectivity index (χ3n) is 4.12. The van der Waals surface area contributed by atoms with Crippen LogP contribution in [0.3, 0.4) is 0 Å². The first-order chi connectivity index (χ1) is 9.66. The van der Waals surface area contributed by atoms with Crippen molar-refractivity contribution in [2.75, 3.05) is 13.2 Å². The van der Waals surface area contributed by atoms with Crippen molar-refractivity contribution in [3.8, 4) is 0 Å². The molecular weight excluding hydrogens is 322 g/mol. The maximum atomic E-state index is 12.7. The fourth-order valence-electron chi connectivity index (χ4n) is 2.85. The third-order valence-corrected chi connectivity index (χ3v) is 4.62. The number of imide groups is 1. The highest BCUT2D eigenvalue weighted by molar-refractivity contribution is 9.10. The van der Waals surface area contributed by atoms with E-state index >= 15 is 0 Å². The van der Waals surface area contributed by atoms with Gasteiger partial charge >= 0.3 is 6.09 Å². The Labute approximate surface area is 126 Å². The second-order valence-electron chi connectivity index (χ2n) is 5.33. The number of carbonyl (C=O) groups excluding carboxylic acids is 2. The summed E-state index contributed by atoms with van der Waals surface area (Å²) in [5.74, 6) is -0.00704. The molecule has 1 aromatic carbocycles. The number of hydrogen-bond acceptors (Lipinski definition) is 3. The summed E-state index contributed by atoms with van der Waals surface area (Å²) in [6.45, 7) is 0.676. The minimum atomic E-state index is -0.505. The molecular formula is C15H16BrNO3. The zero-order chi connectivity index (χ0) is 14.1. The number of carbonyl (C=O) groups is 2. The Balaban J connectivity index is 1.90. The highest BCUT2D eigenvalue weighted by atomic mass is 79.9. The van der Waals surface area contributed by atoms with E-state index in [1.807, 2.05) is 24.3 Å². The van der Waals surface area contributed by atoms with Crippen LogP contribution in [0.25, 0.3) is 0 Å². The average Bonchev–Trinajstić information content (AvgIpc) is 2.79. The number of benzene rings is 1. The third kappa shape index (κ3) is 2.46. The lowest BCUT2D eigenvalue weighted by atomic mass is 9.72. The fraction of sp³-hybridized carbons (Fsp3) is 0.467. The Morgan fingerprint density at radius 1 is 1.40 bits per heavy atom. The fourth-order valence-corrected chi connectivity index (χ4v) is 3.27. The smallest absolute Gasteiger partial charge is 0.416 e. The van der Waals surface area contributed by atoms with Crippen LogP contribution in [0.15, 0.2) is 28.7 Å². The molecule has 5 heteroatoms. The molecule has 2 aliphatic rings. The zero-order valence-corrected chi connectivity index (χ0v) is 12.6. The SMILES string of the molecule is O=C1OCCN1C(=O)C(c1cccc(Br)c1)C1CCC1. The summed E-state index contributed by atoms with van der Waals surface area (Å²) in [6.07, 6.45) is 2.75. The summed E-state index contributed by atoms with van der Waals surface area (Å²) < 4.78 is 5.84. The predicted molar refractivity (Wildman–Crippen MR) is 77.3 cm³/mol. The van der Waals surface area contributed by atoms with Crippen molar-refractivity contribution in [3.63, 3.8) is 0 Å². The van der Waals surface area contributed by atoms with Gasteiger partial charge in [0.05, 0.1) is 12.5 Å². The van der Waals surface area contributed by atoms with E-state index in [1.54, 1.807) is 0 Å². The van der Waals surface area contributed by atoms with Crippen LogP contribution < -0.4 is 0 Å². The van der Waals surface area contributed by atoms with Gasteiger partial charge in [-0.25, -0.2) is 9.69 Å². The lowest BCUT2D eigenvalue weighted by Crippen LogP contribution is -2.40. The molecule has 0 N–H and O–H groups in total. The maximum absolute atomic E-state index is 12.7. The molecule has 0 radical (unpaired) electrons. The summed E-state index contributed by atoms with van der Waals surface area (Å²) in [4.78, 5) is 25.6. The predicted octanol–water partition coefficient (Wildman–Crippen LogP) is 3.31. The number of hydrogen-bond donors (Lipinski definition) is 0. The molecule has 20 heavy (non-hydrogen) atoms. The minimum Gasteiger partial charge on any atom is -0.447 e. The largest absolute Gasteiger partial charge is 0.447 e. The van der Waals surface area contributed by atoms with Gasteiger partial charge in [-0.15, -0.1) is 0 Å². The Morgan fingerprint density at radius 2 is 2.20 bits per heavy atom. The molecule has 1 saturated heterocycles. The van der Waals surface area contributed by atoms with E-state index in [0.29, 0.717) is 19.1 Å². The summed E-state index contributed by atoms with van der Waals surface area (Å²) in [7, 11) is 0. The molecule has 2 amide bonds. The molecule has 0 spiro atoms. The van der Waals surface area contributed by atoms with E-state index in [9.17, 15) is 9.59 Å². The summed E-state index contributed by atoms with van der Waals surface area (Å²) in [5, 5.41) is 0. The first kappa shape index (κ1) is 13.6. The van der Waals surface area contributed by atoms with Gasteiger partial charge in [0, 0.05) is 4.47 Å². The first-order valence-corrected chi connectivity index (χ1v) is 7.70. The van der Waals surface area contributed by atoms with Gasteiger partial charge in [0.2, 0.25) is 5.91 Å². The second kappa shape index (κ2) is 5.56. The zero-order valence-electron chi connectivity index (χ0n) is 11.0. The molecule has 1 saturated carbocycles. The molecule has 1 unspecified atom stereocenters. The molecule has 2 fully saturated rings. The van der Waals surface area contributed by atoms with Crippen molar-refractivity contribution < 1.29 is 14.3 Å². The van der Waals surface area contributed by atoms with E-state index < -0.39 is 6.09 Å². The Morgan fingerprint density at radius 3 is 2.75 bits per heavy atom. The van der Waals surface area contributed by atoms with Crippen molar-refractivity contribution in [2.45, 2.75) is 25.2 Å². The van der Waals surface area contributed by atoms with Gasteiger partial charge in [0.25, 0.3) is 0 Å². The Bertz CT molecular complexity index is 542. The van der Waals surface area contributed by atoms with E-state index in [2.05, 4.69) is 15.9 Å². The van der Waals surface area contributed by atoms with Crippen LogP contribution >= 0.6 is 15.9 Å². The molecule has 0 aromatic heterocycles. The summed E-state index contributed by atoms with van der Waals surface area (Å²) >= 11 is 3.45. The topological polar surface area (TPSA) is 46.6 Å². The van der Waals surface area contributed by atoms with Crippen molar-refractivity contribution in [1.29, 1.82) is 0 Å². The van der Waals surface area contributed by atoms with Crippen molar-refractivity contribution in [1.82, 2.24) is 4.90 Å². The molecule has 1 heterocycles. The minimum absolute atomic E-state index is 0.115. The van der Waals surface area contributed by atoms with Gasteiger partial charge < -0.3 is 4.74 Å². The van der Waals surface area contributed by atoms with E-state index in [-0.39, 0.29) is 11.8 Å². The lowest BCUT2D eigenvalue weighted by Gasteiger charge is -2.34. The van der Waals surface area contributed by atoms with Crippen molar-refractivity contribution in [2.24, 2.45) is 5.92 Å². The van der Waals surface area contributed by atoms with Crippen LogP contribution in [0.4, 0.5) is 4.79 Å².